The molecule has 4 aromatic rings. The molecule has 0 saturated heterocycles. The zero-order chi connectivity index (χ0) is 23.8. The molecule has 0 bridgehead atoms. The third-order valence-corrected chi connectivity index (χ3v) is 6.70. The van der Waals surface area contributed by atoms with Crippen LogP contribution in [0.2, 0.25) is 5.02 Å². The number of anilines is 1. The number of carbonyl (C=O) groups is 1. The Kier molecular flexibility index (Phi) is 5.84. The average Bonchev–Trinajstić information content (AvgIpc) is 3.23. The summed E-state index contributed by atoms with van der Waals surface area (Å²) < 4.78 is 10.8. The molecule has 6 nitrogen and oxygen atoms in total. The molecule has 0 fully saturated rings. The lowest BCUT2D eigenvalue weighted by atomic mass is 9.92. The van der Waals surface area contributed by atoms with Crippen molar-refractivity contribution >= 4 is 34.2 Å². The van der Waals surface area contributed by atoms with Gasteiger partial charge in [-0.15, -0.1) is 0 Å². The molecule has 5 rings (SSSR count). The molecule has 2 amide bonds. The highest BCUT2D eigenvalue weighted by Gasteiger charge is 2.35. The molecule has 0 unspecified atom stereocenters. The maximum absolute atomic E-state index is 13.6. The molecular formula is C27H26ClN3O3. The number of aromatic nitrogens is 1. The van der Waals surface area contributed by atoms with Crippen LogP contribution in [0.4, 0.5) is 10.5 Å². The van der Waals surface area contributed by atoms with Crippen LogP contribution in [0.15, 0.2) is 60.7 Å². The van der Waals surface area contributed by atoms with E-state index >= 15 is 0 Å². The molecule has 3 aromatic carbocycles. The highest BCUT2D eigenvalue weighted by Crippen LogP contribution is 2.40. The number of fused-ring (bicyclic) bond motifs is 3. The van der Waals surface area contributed by atoms with Crippen LogP contribution in [0.1, 0.15) is 28.4 Å². The minimum atomic E-state index is -0.253. The summed E-state index contributed by atoms with van der Waals surface area (Å²) in [5.41, 5.74) is 6.10. The van der Waals surface area contributed by atoms with E-state index in [1.807, 2.05) is 11.0 Å². The summed E-state index contributed by atoms with van der Waals surface area (Å²) in [5.74, 6) is 0.958. The normalized spacial score (nSPS) is 15.2. The van der Waals surface area contributed by atoms with Gasteiger partial charge in [0.05, 0.1) is 31.0 Å². The molecule has 0 spiro atoms. The zero-order valence-corrected chi connectivity index (χ0v) is 20.1. The first kappa shape index (κ1) is 22.2. The van der Waals surface area contributed by atoms with Gasteiger partial charge in [-0.2, -0.15) is 0 Å². The van der Waals surface area contributed by atoms with Gasteiger partial charge in [-0.1, -0.05) is 59.6 Å². The van der Waals surface area contributed by atoms with Crippen molar-refractivity contribution in [2.24, 2.45) is 0 Å². The topological polar surface area (TPSA) is 66.6 Å². The predicted octanol–water partition coefficient (Wildman–Crippen LogP) is 6.33. The molecule has 174 valence electrons. The smallest absolute Gasteiger partial charge is 0.322 e. The number of urea groups is 1. The Balaban J connectivity index is 1.56. The highest BCUT2D eigenvalue weighted by atomic mass is 35.5. The monoisotopic (exact) mass is 475 g/mol. The fourth-order valence-corrected chi connectivity index (χ4v) is 4.94. The van der Waals surface area contributed by atoms with Gasteiger partial charge in [0, 0.05) is 29.2 Å². The summed E-state index contributed by atoms with van der Waals surface area (Å²) >= 11 is 6.33. The Hall–Kier alpha value is -3.64. The van der Waals surface area contributed by atoms with E-state index in [-0.39, 0.29) is 12.1 Å². The molecule has 34 heavy (non-hydrogen) atoms. The minimum absolute atomic E-state index is 0.227. The van der Waals surface area contributed by atoms with Crippen LogP contribution in [0.5, 0.6) is 11.5 Å². The van der Waals surface area contributed by atoms with Crippen LogP contribution < -0.4 is 14.8 Å². The van der Waals surface area contributed by atoms with E-state index in [2.05, 4.69) is 59.7 Å². The molecule has 2 N–H and O–H groups in total. The number of carbonyl (C=O) groups excluding carboxylic acids is 1. The lowest BCUT2D eigenvalue weighted by molar-refractivity contribution is 0.193. The van der Waals surface area contributed by atoms with Gasteiger partial charge in [0.2, 0.25) is 0 Å². The van der Waals surface area contributed by atoms with E-state index in [0.717, 1.165) is 23.2 Å². The third kappa shape index (κ3) is 3.84. The van der Waals surface area contributed by atoms with E-state index in [4.69, 9.17) is 21.1 Å². The van der Waals surface area contributed by atoms with Crippen LogP contribution in [-0.4, -0.2) is 36.7 Å². The van der Waals surface area contributed by atoms with Gasteiger partial charge in [0.15, 0.2) is 0 Å². The number of aromatic amines is 1. The second-order valence-electron chi connectivity index (χ2n) is 8.44. The van der Waals surface area contributed by atoms with Crippen molar-refractivity contribution in [2.45, 2.75) is 19.4 Å². The summed E-state index contributed by atoms with van der Waals surface area (Å²) in [7, 11) is 3.09. The Morgan fingerprint density at radius 1 is 1.06 bits per heavy atom. The van der Waals surface area contributed by atoms with Gasteiger partial charge in [-0.25, -0.2) is 4.79 Å². The molecular weight excluding hydrogens is 450 g/mol. The van der Waals surface area contributed by atoms with Gasteiger partial charge < -0.3 is 24.7 Å². The van der Waals surface area contributed by atoms with E-state index < -0.39 is 0 Å². The summed E-state index contributed by atoms with van der Waals surface area (Å²) in [5, 5.41) is 4.61. The number of halogens is 1. The van der Waals surface area contributed by atoms with Crippen LogP contribution in [-0.2, 0) is 6.42 Å². The first-order valence-electron chi connectivity index (χ1n) is 11.2. The molecule has 1 atom stereocenters. The number of amides is 2. The van der Waals surface area contributed by atoms with Crippen molar-refractivity contribution in [2.75, 3.05) is 26.1 Å². The number of para-hydroxylation sites is 1. The van der Waals surface area contributed by atoms with E-state index in [0.29, 0.717) is 28.8 Å². The summed E-state index contributed by atoms with van der Waals surface area (Å²) in [6.45, 7) is 2.63. The number of ether oxygens (including phenoxy) is 2. The number of nitrogens with one attached hydrogen (secondary N) is 2. The summed E-state index contributed by atoms with van der Waals surface area (Å²) in [6, 6.07) is 19.5. The lowest BCUT2D eigenvalue weighted by Crippen LogP contribution is -2.43. The summed E-state index contributed by atoms with van der Waals surface area (Å²) in [4.78, 5) is 19.1. The Morgan fingerprint density at radius 2 is 1.79 bits per heavy atom. The Labute approximate surface area is 203 Å². The molecule has 1 aromatic heterocycles. The number of nitrogens with zero attached hydrogens (tertiary/aromatic N) is 1. The lowest BCUT2D eigenvalue weighted by Gasteiger charge is -2.36. The number of hydrogen-bond acceptors (Lipinski definition) is 3. The zero-order valence-electron chi connectivity index (χ0n) is 19.3. The quantitative estimate of drug-likeness (QED) is 0.362. The van der Waals surface area contributed by atoms with Crippen LogP contribution in [0.25, 0.3) is 10.9 Å². The van der Waals surface area contributed by atoms with Crippen molar-refractivity contribution in [1.29, 1.82) is 0 Å². The Bertz CT molecular complexity index is 1360. The number of aryl methyl sites for hydroxylation is 1. The van der Waals surface area contributed by atoms with Gasteiger partial charge in [0.1, 0.15) is 11.5 Å². The second-order valence-corrected chi connectivity index (χ2v) is 8.84. The van der Waals surface area contributed by atoms with Crippen molar-refractivity contribution in [3.8, 4) is 11.5 Å². The average molecular weight is 476 g/mol. The maximum atomic E-state index is 13.6. The number of hydrogen-bond donors (Lipinski definition) is 2. The molecule has 1 aliphatic heterocycles. The van der Waals surface area contributed by atoms with Crippen LogP contribution in [0, 0.1) is 6.92 Å². The number of benzene rings is 3. The second kappa shape index (κ2) is 8.95. The number of methoxy groups -OCH3 is 2. The fourth-order valence-electron chi connectivity index (χ4n) is 4.70. The molecule has 2 heterocycles. The van der Waals surface area contributed by atoms with Gasteiger partial charge in [0.25, 0.3) is 0 Å². The highest BCUT2D eigenvalue weighted by molar-refractivity contribution is 6.32. The number of H-pyrrole nitrogens is 1. The van der Waals surface area contributed by atoms with Crippen molar-refractivity contribution in [3.63, 3.8) is 0 Å². The van der Waals surface area contributed by atoms with Crippen molar-refractivity contribution in [1.82, 2.24) is 9.88 Å². The molecule has 0 saturated carbocycles. The maximum Gasteiger partial charge on any atom is 0.322 e. The van der Waals surface area contributed by atoms with Gasteiger partial charge in [-0.05, 0) is 36.6 Å². The first-order chi connectivity index (χ1) is 16.5. The minimum Gasteiger partial charge on any atom is -0.495 e. The molecule has 7 heteroatoms. The first-order valence-corrected chi connectivity index (χ1v) is 11.5. The summed E-state index contributed by atoms with van der Waals surface area (Å²) in [6.07, 6.45) is 0.760. The molecule has 0 aliphatic carbocycles. The number of rotatable bonds is 4. The van der Waals surface area contributed by atoms with Crippen molar-refractivity contribution < 1.29 is 14.3 Å². The van der Waals surface area contributed by atoms with E-state index in [1.165, 1.54) is 23.6 Å². The van der Waals surface area contributed by atoms with Crippen LogP contribution >= 0.6 is 11.6 Å². The molecule has 0 radical (unpaired) electrons. The molecule has 1 aliphatic rings. The predicted molar refractivity (Wildman–Crippen MR) is 135 cm³/mol. The van der Waals surface area contributed by atoms with Gasteiger partial charge >= 0.3 is 6.03 Å². The SMILES string of the molecule is COc1cc(OC)c(NC(=O)N2CCc3c([nH]c4ccccc34)[C@H]2c2ccc(C)cc2)cc1Cl. The van der Waals surface area contributed by atoms with Gasteiger partial charge in [-0.3, -0.25) is 0 Å². The van der Waals surface area contributed by atoms with E-state index in [1.54, 1.807) is 19.2 Å². The van der Waals surface area contributed by atoms with E-state index in [9.17, 15) is 4.79 Å². The third-order valence-electron chi connectivity index (χ3n) is 6.40. The largest absolute Gasteiger partial charge is 0.495 e. The standard InChI is InChI=1S/C27H26ClN3O3/c1-16-8-10-17(11-9-16)26-25-19(18-6-4-5-7-21(18)29-25)12-13-31(26)27(32)30-22-14-20(28)23(33-2)15-24(22)34-3/h4-11,14-15,26,29H,12-13H2,1-3H3,(H,30,32)/t26-/m1/s1. The van der Waals surface area contributed by atoms with Crippen molar-refractivity contribution in [3.05, 3.63) is 88.1 Å². The fraction of sp³-hybridized carbons (Fsp3) is 0.222. The Morgan fingerprint density at radius 3 is 2.53 bits per heavy atom. The van der Waals surface area contributed by atoms with Crippen LogP contribution in [0.3, 0.4) is 0 Å².